The van der Waals surface area contributed by atoms with E-state index in [2.05, 4.69) is 15.4 Å². The molecular formula is C20H21N5O3S. The van der Waals surface area contributed by atoms with Gasteiger partial charge in [0.25, 0.3) is 0 Å². The predicted molar refractivity (Wildman–Crippen MR) is 108 cm³/mol. The Kier molecular flexibility index (Phi) is 5.14. The Morgan fingerprint density at radius 1 is 1.21 bits per heavy atom. The van der Waals surface area contributed by atoms with Crippen LogP contribution in [-0.2, 0) is 6.54 Å². The molecule has 0 fully saturated rings. The summed E-state index contributed by atoms with van der Waals surface area (Å²) in [6, 6.07) is 7.40. The van der Waals surface area contributed by atoms with Gasteiger partial charge in [-0.1, -0.05) is 16.9 Å². The summed E-state index contributed by atoms with van der Waals surface area (Å²) >= 11 is 1.37. The average molecular weight is 411 g/mol. The maximum atomic E-state index is 12.9. The van der Waals surface area contributed by atoms with Crippen molar-refractivity contribution in [2.75, 3.05) is 5.75 Å². The Morgan fingerprint density at radius 3 is 2.69 bits per heavy atom. The number of thioether (sulfide) groups is 1. The van der Waals surface area contributed by atoms with Gasteiger partial charge in [-0.3, -0.25) is 13.9 Å². The lowest BCUT2D eigenvalue weighted by molar-refractivity contribution is 0.102. The number of furan rings is 1. The predicted octanol–water partition coefficient (Wildman–Crippen LogP) is 4.24. The number of aromatic nitrogens is 5. The second-order valence-corrected chi connectivity index (χ2v) is 7.60. The molecule has 0 spiro atoms. The Balaban J connectivity index is 1.54. The number of aryl methyl sites for hydroxylation is 2. The van der Waals surface area contributed by atoms with E-state index in [-0.39, 0.29) is 11.5 Å². The number of hydrogen-bond acceptors (Lipinski definition) is 7. The molecule has 8 nitrogen and oxygen atoms in total. The first-order chi connectivity index (χ1) is 14.0. The number of carbonyl (C=O) groups is 1. The molecule has 0 atom stereocenters. The standard InChI is InChI=1S/C20H21N5O3S/c1-5-24-19(17-7-6-8-27-17)21-22-20(24)29-11-16(26)15-9-12(2)25(14(15)4)18-10-13(3)28-23-18/h6-10H,5,11H2,1-4H3. The molecular weight excluding hydrogens is 390 g/mol. The smallest absolute Gasteiger partial charge is 0.200 e. The summed E-state index contributed by atoms with van der Waals surface area (Å²) in [5.74, 6) is 3.01. The number of carbonyl (C=O) groups excluding carboxylic acids is 1. The highest BCUT2D eigenvalue weighted by Gasteiger charge is 2.21. The highest BCUT2D eigenvalue weighted by Crippen LogP contribution is 2.26. The molecule has 4 aromatic rings. The van der Waals surface area contributed by atoms with Crippen LogP contribution < -0.4 is 0 Å². The molecule has 0 aliphatic heterocycles. The van der Waals surface area contributed by atoms with E-state index in [0.717, 1.165) is 17.1 Å². The lowest BCUT2D eigenvalue weighted by Crippen LogP contribution is -2.07. The highest BCUT2D eigenvalue weighted by molar-refractivity contribution is 7.99. The van der Waals surface area contributed by atoms with Crippen LogP contribution in [0, 0.1) is 20.8 Å². The molecule has 4 rings (SSSR count). The van der Waals surface area contributed by atoms with Crippen molar-refractivity contribution < 1.29 is 13.7 Å². The molecule has 0 unspecified atom stereocenters. The van der Waals surface area contributed by atoms with E-state index in [1.54, 1.807) is 6.26 Å². The zero-order valence-corrected chi connectivity index (χ0v) is 17.5. The van der Waals surface area contributed by atoms with Crippen molar-refractivity contribution in [1.82, 2.24) is 24.5 Å². The van der Waals surface area contributed by atoms with Crippen LogP contribution in [0.3, 0.4) is 0 Å². The Labute approximate surface area is 171 Å². The van der Waals surface area contributed by atoms with E-state index in [1.165, 1.54) is 11.8 Å². The molecule has 150 valence electrons. The van der Waals surface area contributed by atoms with Gasteiger partial charge in [0.15, 0.2) is 28.3 Å². The Hall–Kier alpha value is -3.07. The Morgan fingerprint density at radius 2 is 2.03 bits per heavy atom. The minimum Gasteiger partial charge on any atom is -0.461 e. The summed E-state index contributed by atoms with van der Waals surface area (Å²) in [5, 5.41) is 13.2. The molecule has 0 aromatic carbocycles. The van der Waals surface area contributed by atoms with Crippen LogP contribution in [0.4, 0.5) is 0 Å². The summed E-state index contributed by atoms with van der Waals surface area (Å²) in [4.78, 5) is 12.9. The molecule has 0 radical (unpaired) electrons. The molecule has 0 bridgehead atoms. The fourth-order valence-corrected chi connectivity index (χ4v) is 4.22. The van der Waals surface area contributed by atoms with Gasteiger partial charge < -0.3 is 8.94 Å². The van der Waals surface area contributed by atoms with Crippen LogP contribution in [0.25, 0.3) is 17.4 Å². The number of nitrogens with zero attached hydrogens (tertiary/aromatic N) is 5. The van der Waals surface area contributed by atoms with Crippen molar-refractivity contribution in [2.24, 2.45) is 0 Å². The van der Waals surface area contributed by atoms with Crippen LogP contribution in [0.2, 0.25) is 0 Å². The third kappa shape index (κ3) is 3.53. The number of ketones is 1. The zero-order valence-electron chi connectivity index (χ0n) is 16.7. The van der Waals surface area contributed by atoms with Gasteiger partial charge in [-0.05, 0) is 45.9 Å². The van der Waals surface area contributed by atoms with Gasteiger partial charge in [0, 0.05) is 29.6 Å². The number of Topliss-reactive ketones (excluding diaryl/α,β-unsaturated/α-hetero) is 1. The van der Waals surface area contributed by atoms with Crippen molar-refractivity contribution in [3.63, 3.8) is 0 Å². The molecule has 4 aromatic heterocycles. The van der Waals surface area contributed by atoms with Gasteiger partial charge >= 0.3 is 0 Å². The van der Waals surface area contributed by atoms with Crippen LogP contribution in [0.5, 0.6) is 0 Å². The van der Waals surface area contributed by atoms with E-state index >= 15 is 0 Å². The van der Waals surface area contributed by atoms with E-state index < -0.39 is 0 Å². The largest absolute Gasteiger partial charge is 0.461 e. The molecule has 29 heavy (non-hydrogen) atoms. The molecule has 0 amide bonds. The summed E-state index contributed by atoms with van der Waals surface area (Å²) in [6.45, 7) is 8.39. The van der Waals surface area contributed by atoms with Crippen LogP contribution in [0.1, 0.15) is 34.4 Å². The van der Waals surface area contributed by atoms with Crippen LogP contribution in [-0.4, -0.2) is 36.0 Å². The molecule has 0 N–H and O–H groups in total. The van der Waals surface area contributed by atoms with Gasteiger partial charge in [-0.2, -0.15) is 0 Å². The second-order valence-electron chi connectivity index (χ2n) is 6.66. The van der Waals surface area contributed by atoms with Gasteiger partial charge in [0.05, 0.1) is 12.0 Å². The lowest BCUT2D eigenvalue weighted by Gasteiger charge is -2.06. The van der Waals surface area contributed by atoms with Crippen molar-refractivity contribution >= 4 is 17.5 Å². The molecule has 0 aliphatic carbocycles. The topological polar surface area (TPSA) is 91.9 Å². The third-order valence-electron chi connectivity index (χ3n) is 4.68. The summed E-state index contributed by atoms with van der Waals surface area (Å²) in [6.07, 6.45) is 1.60. The normalized spacial score (nSPS) is 11.3. The first-order valence-corrected chi connectivity index (χ1v) is 10.2. The first kappa shape index (κ1) is 19.3. The van der Waals surface area contributed by atoms with Gasteiger partial charge in [0.1, 0.15) is 5.76 Å². The van der Waals surface area contributed by atoms with Gasteiger partial charge in [-0.15, -0.1) is 10.2 Å². The zero-order chi connectivity index (χ0) is 20.5. The molecule has 0 saturated heterocycles. The summed E-state index contributed by atoms with van der Waals surface area (Å²) in [5.41, 5.74) is 2.44. The SMILES string of the molecule is CCn1c(SCC(=O)c2cc(C)n(-c3cc(C)on3)c2C)nnc1-c1ccco1. The number of hydrogen-bond donors (Lipinski definition) is 0. The molecule has 4 heterocycles. The number of rotatable bonds is 7. The fourth-order valence-electron chi connectivity index (χ4n) is 3.33. The van der Waals surface area contributed by atoms with E-state index in [9.17, 15) is 4.79 Å². The Bertz CT molecular complexity index is 1150. The van der Waals surface area contributed by atoms with Crippen molar-refractivity contribution in [2.45, 2.75) is 39.4 Å². The van der Waals surface area contributed by atoms with E-state index in [4.69, 9.17) is 8.94 Å². The quantitative estimate of drug-likeness (QED) is 0.332. The van der Waals surface area contributed by atoms with E-state index in [0.29, 0.717) is 34.7 Å². The monoisotopic (exact) mass is 411 g/mol. The minimum atomic E-state index is 0.0276. The van der Waals surface area contributed by atoms with E-state index in [1.807, 2.05) is 61.1 Å². The second kappa shape index (κ2) is 7.75. The van der Waals surface area contributed by atoms with Gasteiger partial charge in [-0.25, -0.2) is 0 Å². The van der Waals surface area contributed by atoms with Crippen molar-refractivity contribution in [1.29, 1.82) is 0 Å². The van der Waals surface area contributed by atoms with Crippen LogP contribution >= 0.6 is 11.8 Å². The lowest BCUT2D eigenvalue weighted by atomic mass is 10.2. The summed E-state index contributed by atoms with van der Waals surface area (Å²) in [7, 11) is 0. The third-order valence-corrected chi connectivity index (χ3v) is 5.65. The van der Waals surface area contributed by atoms with Crippen molar-refractivity contribution in [3.8, 4) is 17.4 Å². The molecule has 0 aliphatic rings. The first-order valence-electron chi connectivity index (χ1n) is 9.25. The van der Waals surface area contributed by atoms with Gasteiger partial charge in [0.2, 0.25) is 0 Å². The molecule has 0 saturated carbocycles. The van der Waals surface area contributed by atoms with Crippen LogP contribution in [0.15, 0.2) is 44.6 Å². The summed E-state index contributed by atoms with van der Waals surface area (Å²) < 4.78 is 14.5. The maximum absolute atomic E-state index is 12.9. The minimum absolute atomic E-state index is 0.0276. The maximum Gasteiger partial charge on any atom is 0.200 e. The highest BCUT2D eigenvalue weighted by atomic mass is 32.2. The fraction of sp³-hybridized carbons (Fsp3) is 0.300. The molecule has 9 heteroatoms. The average Bonchev–Trinajstić information content (AvgIpc) is 3.47. The van der Waals surface area contributed by atoms with Crippen molar-refractivity contribution in [3.05, 3.63) is 53.2 Å².